The Morgan fingerprint density at radius 3 is 2.81 bits per heavy atom. The molecule has 0 saturated carbocycles. The number of aromatic nitrogens is 2. The van der Waals surface area contributed by atoms with Crippen LogP contribution in [0.3, 0.4) is 0 Å². The Hall–Kier alpha value is -1.32. The number of rotatable bonds is 1. The molecule has 0 N–H and O–H groups in total. The molecule has 0 fully saturated rings. The first kappa shape index (κ1) is 11.2. The molecule has 0 aliphatic heterocycles. The van der Waals surface area contributed by atoms with E-state index in [0.717, 1.165) is 24.8 Å². The van der Waals surface area contributed by atoms with Crippen LogP contribution in [-0.4, -0.2) is 22.9 Å². The molecule has 1 aromatic heterocycles. The van der Waals surface area contributed by atoms with Crippen molar-refractivity contribution in [2.75, 3.05) is 7.11 Å². The largest absolute Gasteiger partial charge is 0.464 e. The zero-order valence-corrected chi connectivity index (χ0v) is 10.3. The lowest BCUT2D eigenvalue weighted by Gasteiger charge is -2.29. The minimum atomic E-state index is -0.323. The SMILES string of the molecule is COC(=O)c1nn(C)c2c1CCC(C)(C)C2. The smallest absolute Gasteiger partial charge is 0.358 e. The standard InChI is InChI=1S/C12H18N2O2/c1-12(2)6-5-8-9(7-12)14(3)13-10(8)11(15)16-4/h5-7H2,1-4H3. The molecular formula is C12H18N2O2. The van der Waals surface area contributed by atoms with Crippen molar-refractivity contribution in [2.24, 2.45) is 12.5 Å². The quantitative estimate of drug-likeness (QED) is 0.680. The summed E-state index contributed by atoms with van der Waals surface area (Å²) in [6.07, 6.45) is 2.99. The fraction of sp³-hybridized carbons (Fsp3) is 0.667. The maximum Gasteiger partial charge on any atom is 0.358 e. The van der Waals surface area contributed by atoms with Crippen LogP contribution >= 0.6 is 0 Å². The van der Waals surface area contributed by atoms with Gasteiger partial charge in [0.1, 0.15) is 0 Å². The Labute approximate surface area is 95.6 Å². The van der Waals surface area contributed by atoms with E-state index in [-0.39, 0.29) is 5.97 Å². The molecule has 0 amide bonds. The number of hydrogen-bond donors (Lipinski definition) is 0. The van der Waals surface area contributed by atoms with Gasteiger partial charge in [0.15, 0.2) is 5.69 Å². The monoisotopic (exact) mass is 222 g/mol. The predicted molar refractivity (Wildman–Crippen MR) is 60.4 cm³/mol. The Bertz CT molecular complexity index is 432. The van der Waals surface area contributed by atoms with Crippen molar-refractivity contribution < 1.29 is 9.53 Å². The second-order valence-electron chi connectivity index (χ2n) is 5.23. The van der Waals surface area contributed by atoms with Gasteiger partial charge in [-0.1, -0.05) is 13.8 Å². The summed E-state index contributed by atoms with van der Waals surface area (Å²) in [6.45, 7) is 4.50. The average molecular weight is 222 g/mol. The van der Waals surface area contributed by atoms with Crippen LogP contribution in [0.4, 0.5) is 0 Å². The summed E-state index contributed by atoms with van der Waals surface area (Å²) < 4.78 is 6.57. The van der Waals surface area contributed by atoms with Gasteiger partial charge in [-0.15, -0.1) is 0 Å². The molecule has 0 spiro atoms. The van der Waals surface area contributed by atoms with E-state index in [1.54, 1.807) is 0 Å². The second-order valence-corrected chi connectivity index (χ2v) is 5.23. The highest BCUT2D eigenvalue weighted by molar-refractivity contribution is 5.89. The van der Waals surface area contributed by atoms with Crippen molar-refractivity contribution in [3.8, 4) is 0 Å². The number of hydrogen-bond acceptors (Lipinski definition) is 3. The van der Waals surface area contributed by atoms with Gasteiger partial charge in [-0.2, -0.15) is 5.10 Å². The molecule has 4 nitrogen and oxygen atoms in total. The van der Waals surface area contributed by atoms with Crippen LogP contribution in [-0.2, 0) is 24.6 Å². The number of fused-ring (bicyclic) bond motifs is 1. The van der Waals surface area contributed by atoms with E-state index >= 15 is 0 Å². The fourth-order valence-electron chi connectivity index (χ4n) is 2.35. The summed E-state index contributed by atoms with van der Waals surface area (Å²) in [7, 11) is 3.29. The van der Waals surface area contributed by atoms with Crippen LogP contribution in [0.1, 0.15) is 42.0 Å². The predicted octanol–water partition coefficient (Wildman–Crippen LogP) is 1.72. The third-order valence-corrected chi connectivity index (χ3v) is 3.35. The molecule has 1 aliphatic rings. The molecule has 0 bridgehead atoms. The van der Waals surface area contributed by atoms with Crippen molar-refractivity contribution >= 4 is 5.97 Å². The minimum absolute atomic E-state index is 0.300. The molecule has 0 aromatic carbocycles. The summed E-state index contributed by atoms with van der Waals surface area (Å²) in [5.41, 5.74) is 3.05. The number of carbonyl (C=O) groups is 1. The normalized spacial score (nSPS) is 18.0. The maximum absolute atomic E-state index is 11.6. The van der Waals surface area contributed by atoms with Gasteiger partial charge >= 0.3 is 5.97 Å². The van der Waals surface area contributed by atoms with E-state index in [9.17, 15) is 4.79 Å². The van der Waals surface area contributed by atoms with Crippen LogP contribution in [0.15, 0.2) is 0 Å². The van der Waals surface area contributed by atoms with Gasteiger partial charge < -0.3 is 4.74 Å². The van der Waals surface area contributed by atoms with Crippen LogP contribution in [0.25, 0.3) is 0 Å². The molecular weight excluding hydrogens is 204 g/mol. The highest BCUT2D eigenvalue weighted by Gasteiger charge is 2.32. The van der Waals surface area contributed by atoms with E-state index in [4.69, 9.17) is 4.74 Å². The first-order valence-electron chi connectivity index (χ1n) is 5.58. The topological polar surface area (TPSA) is 44.1 Å². The van der Waals surface area contributed by atoms with Gasteiger partial charge in [0.2, 0.25) is 0 Å². The minimum Gasteiger partial charge on any atom is -0.464 e. The molecule has 1 aromatic rings. The lowest BCUT2D eigenvalue weighted by Crippen LogP contribution is -2.24. The number of methoxy groups -OCH3 is 1. The molecule has 1 aliphatic carbocycles. The summed E-state index contributed by atoms with van der Waals surface area (Å²) in [4.78, 5) is 11.6. The molecule has 16 heavy (non-hydrogen) atoms. The summed E-state index contributed by atoms with van der Waals surface area (Å²) in [6, 6.07) is 0. The second kappa shape index (κ2) is 3.61. The van der Waals surface area contributed by atoms with E-state index in [1.807, 2.05) is 11.7 Å². The molecule has 0 unspecified atom stereocenters. The summed E-state index contributed by atoms with van der Waals surface area (Å²) >= 11 is 0. The lowest BCUT2D eigenvalue weighted by atomic mass is 9.76. The van der Waals surface area contributed by atoms with Crippen molar-refractivity contribution in [1.29, 1.82) is 0 Å². The number of ether oxygens (including phenoxy) is 1. The third-order valence-electron chi connectivity index (χ3n) is 3.35. The van der Waals surface area contributed by atoms with Crippen molar-refractivity contribution in [3.63, 3.8) is 0 Å². The van der Waals surface area contributed by atoms with Crippen molar-refractivity contribution in [1.82, 2.24) is 9.78 Å². The van der Waals surface area contributed by atoms with Crippen molar-refractivity contribution in [2.45, 2.75) is 33.1 Å². The van der Waals surface area contributed by atoms with Gasteiger partial charge in [-0.05, 0) is 24.7 Å². The highest BCUT2D eigenvalue weighted by Crippen LogP contribution is 2.35. The number of aryl methyl sites for hydroxylation is 1. The number of esters is 1. The van der Waals surface area contributed by atoms with Gasteiger partial charge in [-0.25, -0.2) is 4.79 Å². The van der Waals surface area contributed by atoms with E-state index in [0.29, 0.717) is 11.1 Å². The van der Waals surface area contributed by atoms with E-state index < -0.39 is 0 Å². The number of nitrogens with zero attached hydrogens (tertiary/aromatic N) is 2. The first-order valence-corrected chi connectivity index (χ1v) is 5.58. The van der Waals surface area contributed by atoms with Crippen LogP contribution in [0.2, 0.25) is 0 Å². The summed E-state index contributed by atoms with van der Waals surface area (Å²) in [5, 5.41) is 4.27. The Balaban J connectivity index is 2.44. The summed E-state index contributed by atoms with van der Waals surface area (Å²) in [5.74, 6) is -0.323. The molecule has 4 heteroatoms. The van der Waals surface area contributed by atoms with Gasteiger partial charge in [0, 0.05) is 18.3 Å². The third kappa shape index (κ3) is 1.72. The molecule has 0 atom stereocenters. The van der Waals surface area contributed by atoms with Gasteiger partial charge in [0.25, 0.3) is 0 Å². The zero-order chi connectivity index (χ0) is 11.9. The van der Waals surface area contributed by atoms with Crippen LogP contribution in [0, 0.1) is 5.41 Å². The molecule has 2 rings (SSSR count). The van der Waals surface area contributed by atoms with E-state index in [2.05, 4.69) is 18.9 Å². The molecule has 88 valence electrons. The first-order chi connectivity index (χ1) is 7.44. The zero-order valence-electron chi connectivity index (χ0n) is 10.3. The Morgan fingerprint density at radius 2 is 2.19 bits per heavy atom. The molecule has 0 radical (unpaired) electrons. The molecule has 0 saturated heterocycles. The Morgan fingerprint density at radius 1 is 1.50 bits per heavy atom. The fourth-order valence-corrected chi connectivity index (χ4v) is 2.35. The van der Waals surface area contributed by atoms with Crippen molar-refractivity contribution in [3.05, 3.63) is 17.0 Å². The van der Waals surface area contributed by atoms with Crippen LogP contribution in [0.5, 0.6) is 0 Å². The van der Waals surface area contributed by atoms with Gasteiger partial charge in [0.05, 0.1) is 7.11 Å². The van der Waals surface area contributed by atoms with Gasteiger partial charge in [-0.3, -0.25) is 4.68 Å². The molecule has 1 heterocycles. The highest BCUT2D eigenvalue weighted by atomic mass is 16.5. The Kier molecular flexibility index (Phi) is 2.52. The average Bonchev–Trinajstić information content (AvgIpc) is 2.53. The number of carbonyl (C=O) groups excluding carboxylic acids is 1. The maximum atomic E-state index is 11.6. The van der Waals surface area contributed by atoms with E-state index in [1.165, 1.54) is 12.8 Å². The lowest BCUT2D eigenvalue weighted by molar-refractivity contribution is 0.0591. The van der Waals surface area contributed by atoms with Crippen LogP contribution < -0.4 is 0 Å².